The molecule has 10 heteroatoms. The van der Waals surface area contributed by atoms with Gasteiger partial charge < -0.3 is 15.8 Å². The molecule has 1 aromatic carbocycles. The van der Waals surface area contributed by atoms with Gasteiger partial charge in [-0.1, -0.05) is 25.5 Å². The van der Waals surface area contributed by atoms with Gasteiger partial charge in [-0.15, -0.1) is 0 Å². The fraction of sp³-hybridized carbons (Fsp3) is 0.364. The Kier molecular flexibility index (Phi) is 4.18. The predicted molar refractivity (Wildman–Crippen MR) is 70.6 cm³/mol. The van der Waals surface area contributed by atoms with E-state index in [0.29, 0.717) is 6.07 Å². The van der Waals surface area contributed by atoms with Gasteiger partial charge in [0.1, 0.15) is 11.5 Å². The maximum Gasteiger partial charge on any atom is 0.310 e. The molecular formula is C11H15F5N2O2S. The summed E-state index contributed by atoms with van der Waals surface area (Å²) in [4.78, 5) is 8.46. The molecule has 122 valence electrons. The van der Waals surface area contributed by atoms with E-state index in [0.717, 1.165) is 6.07 Å². The van der Waals surface area contributed by atoms with E-state index < -0.39 is 21.1 Å². The first-order valence-electron chi connectivity index (χ1n) is 5.76. The third kappa shape index (κ3) is 5.76. The van der Waals surface area contributed by atoms with Crippen LogP contribution >= 0.6 is 10.2 Å². The molecule has 0 aliphatic carbocycles. The first-order chi connectivity index (χ1) is 9.29. The highest BCUT2D eigenvalue weighted by atomic mass is 32.5. The Bertz CT molecular complexity index is 547. The highest BCUT2D eigenvalue weighted by Gasteiger charge is 2.65. The van der Waals surface area contributed by atoms with Gasteiger partial charge in [0, 0.05) is 25.7 Å². The summed E-state index contributed by atoms with van der Waals surface area (Å²) in [6.45, 7) is 1.63. The second-order valence-corrected chi connectivity index (χ2v) is 6.76. The van der Waals surface area contributed by atoms with Crippen LogP contribution in [0, 0.1) is 0 Å². The maximum absolute atomic E-state index is 12.6. The second-order valence-electron chi connectivity index (χ2n) is 4.35. The lowest BCUT2D eigenvalue weighted by atomic mass is 10.2. The number of nitrogens with one attached hydrogen (secondary N) is 1. The minimum atomic E-state index is -9.71. The van der Waals surface area contributed by atoms with E-state index in [2.05, 4.69) is 10.1 Å². The van der Waals surface area contributed by atoms with Crippen LogP contribution in [-0.2, 0) is 16.1 Å². The number of nitrogen functional groups attached to an aromatic ring is 1. The summed E-state index contributed by atoms with van der Waals surface area (Å²) < 4.78 is 67.5. The molecule has 0 heterocycles. The van der Waals surface area contributed by atoms with Gasteiger partial charge in [0.05, 0.1) is 0 Å². The summed E-state index contributed by atoms with van der Waals surface area (Å²) in [6, 6.07) is 1.42. The largest absolute Gasteiger partial charge is 0.465 e. The van der Waals surface area contributed by atoms with Crippen molar-refractivity contribution in [2.75, 3.05) is 18.9 Å². The van der Waals surface area contributed by atoms with Crippen molar-refractivity contribution in [2.24, 2.45) is 0 Å². The van der Waals surface area contributed by atoms with Crippen LogP contribution in [0.2, 0.25) is 0 Å². The van der Waals surface area contributed by atoms with Crippen molar-refractivity contribution in [1.82, 2.24) is 5.32 Å². The van der Waals surface area contributed by atoms with Crippen LogP contribution in [0.5, 0.6) is 0 Å². The summed E-state index contributed by atoms with van der Waals surface area (Å²) in [5, 5.41) is 2.76. The van der Waals surface area contributed by atoms with Gasteiger partial charge in [-0.2, -0.15) is 0 Å². The molecule has 0 saturated heterocycles. The van der Waals surface area contributed by atoms with Crippen molar-refractivity contribution < 1.29 is 29.0 Å². The number of anilines is 1. The van der Waals surface area contributed by atoms with Crippen LogP contribution < -0.4 is 11.1 Å². The van der Waals surface area contributed by atoms with E-state index in [1.54, 1.807) is 0 Å². The molecule has 0 aromatic heterocycles. The molecule has 0 spiro atoms. The molecule has 0 aliphatic heterocycles. The molecule has 3 N–H and O–H groups in total. The number of esters is 1. The van der Waals surface area contributed by atoms with Gasteiger partial charge in [-0.25, -0.2) is 0 Å². The molecule has 0 bridgehead atoms. The quantitative estimate of drug-likeness (QED) is 0.361. The number of carbonyl (C=O) groups excluding carboxylic acids is 1. The molecule has 4 nitrogen and oxygen atoms in total. The molecule has 0 unspecified atom stereocenters. The van der Waals surface area contributed by atoms with Gasteiger partial charge in [0.2, 0.25) is 0 Å². The molecule has 1 aromatic rings. The average Bonchev–Trinajstić information content (AvgIpc) is 2.27. The van der Waals surface area contributed by atoms with Gasteiger partial charge in [-0.3, -0.25) is 4.79 Å². The highest BCUT2D eigenvalue weighted by Crippen LogP contribution is 3.02. The van der Waals surface area contributed by atoms with Crippen LogP contribution in [0.25, 0.3) is 0 Å². The van der Waals surface area contributed by atoms with Gasteiger partial charge in [-0.05, 0) is 17.7 Å². The standard InChI is InChI=1S/C11H15F5N2O2S/c1-8(19)20-5-4-18-7-9-2-3-10(6-11(9)17)21(12,13,14,15)16/h2-3,6,18H,4-5,7,17H2,1H3. The Morgan fingerprint density at radius 3 is 2.38 bits per heavy atom. The summed E-state index contributed by atoms with van der Waals surface area (Å²) >= 11 is 0. The summed E-state index contributed by atoms with van der Waals surface area (Å²) in [7, 11) is -9.71. The Labute approximate surface area is 118 Å². The minimum absolute atomic E-state index is 0.0632. The van der Waals surface area contributed by atoms with Crippen molar-refractivity contribution in [1.29, 1.82) is 0 Å². The van der Waals surface area contributed by atoms with Crippen LogP contribution in [0.15, 0.2) is 23.1 Å². The maximum atomic E-state index is 12.6. The van der Waals surface area contributed by atoms with Crippen molar-refractivity contribution in [3.05, 3.63) is 23.8 Å². The number of halogens is 5. The lowest BCUT2D eigenvalue weighted by molar-refractivity contribution is -0.140. The fourth-order valence-corrected chi connectivity index (χ4v) is 2.14. The Morgan fingerprint density at radius 2 is 1.90 bits per heavy atom. The number of hydrogen-bond donors (Lipinski definition) is 2. The second kappa shape index (κ2) is 5.02. The van der Waals surface area contributed by atoms with Crippen molar-refractivity contribution >= 4 is 21.9 Å². The van der Waals surface area contributed by atoms with E-state index in [-0.39, 0.29) is 37.0 Å². The number of benzene rings is 1. The zero-order chi connectivity index (χ0) is 16.4. The molecule has 0 atom stereocenters. The zero-order valence-corrected chi connectivity index (χ0v) is 11.9. The number of rotatable bonds is 6. The van der Waals surface area contributed by atoms with Crippen molar-refractivity contribution in [3.63, 3.8) is 0 Å². The predicted octanol–water partition coefficient (Wildman–Crippen LogP) is 3.58. The number of ether oxygens (including phenoxy) is 1. The third-order valence-electron chi connectivity index (χ3n) is 2.46. The summed E-state index contributed by atoms with van der Waals surface area (Å²) in [6.07, 6.45) is 0. The fourth-order valence-electron chi connectivity index (χ4n) is 1.46. The molecule has 1 rings (SSSR count). The number of carbonyl (C=O) groups is 1. The molecule has 21 heavy (non-hydrogen) atoms. The first kappa shape index (κ1) is 17.5. The smallest absolute Gasteiger partial charge is 0.310 e. The highest BCUT2D eigenvalue weighted by molar-refractivity contribution is 8.45. The van der Waals surface area contributed by atoms with Gasteiger partial charge in [0.25, 0.3) is 0 Å². The SMILES string of the molecule is CC(=O)OCCNCc1ccc(S(F)(F)(F)(F)F)cc1N. The monoisotopic (exact) mass is 334 g/mol. The molecule has 0 amide bonds. The molecular weight excluding hydrogens is 319 g/mol. The first-order valence-corrected chi connectivity index (χ1v) is 7.71. The van der Waals surface area contributed by atoms with Crippen LogP contribution in [0.4, 0.5) is 25.1 Å². The van der Waals surface area contributed by atoms with E-state index >= 15 is 0 Å². The molecule has 0 aliphatic rings. The lowest BCUT2D eigenvalue weighted by Crippen LogP contribution is -2.21. The van der Waals surface area contributed by atoms with Crippen molar-refractivity contribution in [2.45, 2.75) is 18.4 Å². The molecule has 0 radical (unpaired) electrons. The van der Waals surface area contributed by atoms with Crippen LogP contribution in [0.3, 0.4) is 0 Å². The summed E-state index contributed by atoms with van der Waals surface area (Å²) in [5.41, 5.74) is 5.21. The minimum Gasteiger partial charge on any atom is -0.465 e. The number of hydrogen-bond acceptors (Lipinski definition) is 4. The third-order valence-corrected chi connectivity index (χ3v) is 3.61. The van der Waals surface area contributed by atoms with E-state index in [4.69, 9.17) is 5.73 Å². The average molecular weight is 334 g/mol. The molecule has 0 saturated carbocycles. The molecule has 0 fully saturated rings. The van der Waals surface area contributed by atoms with E-state index in [1.807, 2.05) is 0 Å². The van der Waals surface area contributed by atoms with E-state index in [1.165, 1.54) is 6.92 Å². The number of nitrogens with two attached hydrogens (primary N) is 1. The van der Waals surface area contributed by atoms with Crippen LogP contribution in [0.1, 0.15) is 12.5 Å². The Morgan fingerprint density at radius 1 is 1.29 bits per heavy atom. The van der Waals surface area contributed by atoms with Crippen LogP contribution in [-0.4, -0.2) is 19.1 Å². The lowest BCUT2D eigenvalue weighted by Gasteiger charge is -2.40. The van der Waals surface area contributed by atoms with Crippen molar-refractivity contribution in [3.8, 4) is 0 Å². The summed E-state index contributed by atoms with van der Waals surface area (Å²) in [5.74, 6) is -0.462. The Hall–Kier alpha value is -1.55. The zero-order valence-electron chi connectivity index (χ0n) is 11.0. The normalized spacial score (nSPS) is 15.1. The topological polar surface area (TPSA) is 64.3 Å². The van der Waals surface area contributed by atoms with Gasteiger partial charge >= 0.3 is 16.2 Å². The van der Waals surface area contributed by atoms with Gasteiger partial charge in [0.15, 0.2) is 0 Å². The van der Waals surface area contributed by atoms with E-state index in [9.17, 15) is 24.2 Å². The Balaban J connectivity index is 2.71.